The van der Waals surface area contributed by atoms with Crippen LogP contribution in [-0.4, -0.2) is 35.0 Å². The molecule has 0 unspecified atom stereocenters. The molecule has 2 aromatic carbocycles. The van der Waals surface area contributed by atoms with Gasteiger partial charge in [-0.3, -0.25) is 9.69 Å². The smallest absolute Gasteiger partial charge is 0.335 e. The molecule has 160 valence electrons. The Morgan fingerprint density at radius 3 is 2.48 bits per heavy atom. The van der Waals surface area contributed by atoms with Gasteiger partial charge < -0.3 is 15.7 Å². The predicted octanol–water partition coefficient (Wildman–Crippen LogP) is 4.56. The van der Waals surface area contributed by atoms with Crippen molar-refractivity contribution in [1.82, 2.24) is 4.90 Å². The molecule has 5 rings (SSSR count). The second-order valence-corrected chi connectivity index (χ2v) is 8.74. The lowest BCUT2D eigenvalue weighted by atomic mass is 10.00. The van der Waals surface area contributed by atoms with E-state index in [0.29, 0.717) is 22.7 Å². The Morgan fingerprint density at radius 2 is 1.81 bits per heavy atom. The topological polar surface area (TPSA) is 81.7 Å². The van der Waals surface area contributed by atoms with Crippen LogP contribution in [0.3, 0.4) is 0 Å². The number of piperidine rings is 1. The van der Waals surface area contributed by atoms with E-state index in [-0.39, 0.29) is 11.5 Å². The monoisotopic (exact) mass is 417 g/mol. The van der Waals surface area contributed by atoms with Crippen LogP contribution >= 0.6 is 0 Å². The summed E-state index contributed by atoms with van der Waals surface area (Å²) < 4.78 is 0. The summed E-state index contributed by atoms with van der Waals surface area (Å²) in [6.45, 7) is 3.32. The fourth-order valence-electron chi connectivity index (χ4n) is 4.53. The van der Waals surface area contributed by atoms with Crippen molar-refractivity contribution < 1.29 is 14.7 Å². The van der Waals surface area contributed by atoms with E-state index in [0.717, 1.165) is 30.8 Å². The van der Waals surface area contributed by atoms with Crippen LogP contribution in [0, 0.1) is 5.92 Å². The van der Waals surface area contributed by atoms with E-state index in [9.17, 15) is 14.7 Å². The van der Waals surface area contributed by atoms with Crippen molar-refractivity contribution in [2.24, 2.45) is 5.92 Å². The number of nitrogens with zero attached hydrogens (tertiary/aromatic N) is 1. The van der Waals surface area contributed by atoms with Crippen molar-refractivity contribution in [3.63, 3.8) is 0 Å². The third-order valence-electron chi connectivity index (χ3n) is 6.35. The van der Waals surface area contributed by atoms with Crippen molar-refractivity contribution in [2.75, 3.05) is 23.7 Å². The van der Waals surface area contributed by atoms with Crippen LogP contribution in [0.15, 0.2) is 48.2 Å². The fraction of sp³-hybridized carbons (Fsp3) is 0.360. The summed E-state index contributed by atoms with van der Waals surface area (Å²) in [4.78, 5) is 26.7. The molecule has 1 aliphatic carbocycles. The first-order valence-electron chi connectivity index (χ1n) is 11.1. The van der Waals surface area contributed by atoms with Crippen LogP contribution in [0.4, 0.5) is 11.4 Å². The molecule has 31 heavy (non-hydrogen) atoms. The molecule has 3 N–H and O–H groups in total. The second-order valence-electron chi connectivity index (χ2n) is 8.74. The predicted molar refractivity (Wildman–Crippen MR) is 121 cm³/mol. The van der Waals surface area contributed by atoms with Crippen molar-refractivity contribution in [3.8, 4) is 0 Å². The molecule has 0 bridgehead atoms. The average Bonchev–Trinajstić information content (AvgIpc) is 3.56. The number of likely N-dealkylation sites (tertiary alicyclic amines) is 1. The molecule has 0 spiro atoms. The first kappa shape index (κ1) is 19.8. The highest BCUT2D eigenvalue weighted by molar-refractivity contribution is 6.32. The van der Waals surface area contributed by atoms with Crippen molar-refractivity contribution in [3.05, 3.63) is 64.9 Å². The number of amides is 1. The van der Waals surface area contributed by atoms with Gasteiger partial charge in [-0.05, 0) is 80.6 Å². The van der Waals surface area contributed by atoms with E-state index in [1.807, 2.05) is 0 Å². The summed E-state index contributed by atoms with van der Waals surface area (Å²) >= 11 is 0. The minimum absolute atomic E-state index is 0.173. The molecule has 0 atom stereocenters. The highest BCUT2D eigenvalue weighted by Crippen LogP contribution is 2.44. The van der Waals surface area contributed by atoms with Crippen molar-refractivity contribution in [1.29, 1.82) is 0 Å². The summed E-state index contributed by atoms with van der Waals surface area (Å²) in [5, 5.41) is 15.7. The van der Waals surface area contributed by atoms with Crippen molar-refractivity contribution in [2.45, 2.75) is 38.6 Å². The number of rotatable bonds is 6. The second kappa shape index (κ2) is 8.19. The molecular formula is C25H27N3O3. The van der Waals surface area contributed by atoms with Crippen LogP contribution in [0.2, 0.25) is 0 Å². The number of carbonyl (C=O) groups is 2. The lowest BCUT2D eigenvalue weighted by Gasteiger charge is -2.26. The zero-order valence-corrected chi connectivity index (χ0v) is 17.5. The van der Waals surface area contributed by atoms with E-state index < -0.39 is 5.97 Å². The number of hydrogen-bond acceptors (Lipinski definition) is 4. The summed E-state index contributed by atoms with van der Waals surface area (Å²) in [5.74, 6) is -0.867. The van der Waals surface area contributed by atoms with Gasteiger partial charge in [-0.1, -0.05) is 18.6 Å². The molecular weight excluding hydrogens is 390 g/mol. The molecule has 6 heteroatoms. The number of carboxylic acid groups (broad SMARTS) is 1. The van der Waals surface area contributed by atoms with Gasteiger partial charge in [0.2, 0.25) is 0 Å². The number of hydrogen-bond donors (Lipinski definition) is 3. The number of fused-ring (bicyclic) bond motifs is 1. The van der Waals surface area contributed by atoms with Gasteiger partial charge in [0.25, 0.3) is 5.91 Å². The molecule has 1 saturated carbocycles. The Kier molecular flexibility index (Phi) is 5.24. The van der Waals surface area contributed by atoms with Gasteiger partial charge in [-0.15, -0.1) is 0 Å². The minimum atomic E-state index is -0.994. The number of allylic oxidation sites excluding steroid dienone is 1. The third kappa shape index (κ3) is 4.21. The minimum Gasteiger partial charge on any atom is -0.478 e. The quantitative estimate of drug-likeness (QED) is 0.601. The summed E-state index contributed by atoms with van der Waals surface area (Å²) in [7, 11) is 0. The van der Waals surface area contributed by atoms with Gasteiger partial charge >= 0.3 is 5.97 Å². The average molecular weight is 418 g/mol. The standard InChI is InChI=1S/C25H27N3O3/c29-24-22(20-14-18(25(30)31)8-11-21(20)27-24)23(17-6-7-17)26-19-9-4-16(5-10-19)15-28-12-2-1-3-13-28/h4-5,8-11,14,17,26H,1-3,6-7,12-13,15H2,(H,27,29)(H,30,31). The lowest BCUT2D eigenvalue weighted by molar-refractivity contribution is -0.110. The number of carbonyl (C=O) groups excluding carboxylic acids is 1. The Balaban J connectivity index is 1.41. The van der Waals surface area contributed by atoms with Gasteiger partial charge in [-0.2, -0.15) is 0 Å². The van der Waals surface area contributed by atoms with E-state index in [4.69, 9.17) is 0 Å². The normalized spacial score (nSPS) is 20.2. The summed E-state index contributed by atoms with van der Waals surface area (Å²) in [6.07, 6.45) is 5.96. The van der Waals surface area contributed by atoms with Gasteiger partial charge in [0.15, 0.2) is 0 Å². The lowest BCUT2D eigenvalue weighted by Crippen LogP contribution is -2.29. The fourth-order valence-corrected chi connectivity index (χ4v) is 4.53. The third-order valence-corrected chi connectivity index (χ3v) is 6.35. The van der Waals surface area contributed by atoms with Crippen molar-refractivity contribution >= 4 is 28.8 Å². The Hall–Kier alpha value is -3.12. The first-order valence-corrected chi connectivity index (χ1v) is 11.1. The van der Waals surface area contributed by atoms with Crippen LogP contribution in [0.5, 0.6) is 0 Å². The molecule has 6 nitrogen and oxygen atoms in total. The molecule has 2 aromatic rings. The van der Waals surface area contributed by atoms with Crippen LogP contribution in [0.1, 0.15) is 53.6 Å². The largest absolute Gasteiger partial charge is 0.478 e. The summed E-state index contributed by atoms with van der Waals surface area (Å²) in [6, 6.07) is 13.2. The number of anilines is 2. The molecule has 0 aromatic heterocycles. The summed E-state index contributed by atoms with van der Waals surface area (Å²) in [5.41, 5.74) is 5.23. The molecule has 2 heterocycles. The van der Waals surface area contributed by atoms with Gasteiger partial charge in [-0.25, -0.2) is 4.79 Å². The van der Waals surface area contributed by atoms with E-state index in [1.54, 1.807) is 12.1 Å². The molecule has 2 aliphatic heterocycles. The molecule has 3 aliphatic rings. The number of nitrogens with one attached hydrogen (secondary N) is 2. The molecule has 1 saturated heterocycles. The van der Waals surface area contributed by atoms with E-state index >= 15 is 0 Å². The van der Waals surface area contributed by atoms with Crippen LogP contribution < -0.4 is 10.6 Å². The maximum absolute atomic E-state index is 12.8. The number of carboxylic acids is 1. The van der Waals surface area contributed by atoms with Gasteiger partial charge in [0.1, 0.15) is 0 Å². The Labute approximate surface area is 182 Å². The molecule has 0 radical (unpaired) electrons. The van der Waals surface area contributed by atoms with Gasteiger partial charge in [0.05, 0.1) is 11.1 Å². The highest BCUT2D eigenvalue weighted by Gasteiger charge is 2.35. The number of aromatic carboxylic acids is 1. The Morgan fingerprint density at radius 1 is 1.06 bits per heavy atom. The van der Waals surface area contributed by atoms with Crippen LogP contribution in [0.25, 0.3) is 5.57 Å². The van der Waals surface area contributed by atoms with E-state index in [1.165, 1.54) is 44.0 Å². The maximum atomic E-state index is 12.8. The SMILES string of the molecule is O=C1Nc2ccc(C(=O)O)cc2C1=C(Nc1ccc(CN2CCCCC2)cc1)C1CC1. The molecule has 1 amide bonds. The maximum Gasteiger partial charge on any atom is 0.335 e. The van der Waals surface area contributed by atoms with Gasteiger partial charge in [0, 0.05) is 29.2 Å². The molecule has 2 fully saturated rings. The first-order chi connectivity index (χ1) is 15.1. The highest BCUT2D eigenvalue weighted by atomic mass is 16.4. The zero-order valence-electron chi connectivity index (χ0n) is 17.5. The van der Waals surface area contributed by atoms with E-state index in [2.05, 4.69) is 39.8 Å². The van der Waals surface area contributed by atoms with Crippen LogP contribution in [-0.2, 0) is 11.3 Å². The Bertz CT molecular complexity index is 1050. The number of benzene rings is 2. The zero-order chi connectivity index (χ0) is 21.4.